The number of aromatic amines is 1. The maximum absolute atomic E-state index is 13.8. The van der Waals surface area contributed by atoms with Crippen molar-refractivity contribution in [1.29, 1.82) is 0 Å². The van der Waals surface area contributed by atoms with Gasteiger partial charge in [-0.1, -0.05) is 11.6 Å². The fraction of sp³-hybridized carbons (Fsp3) is 0.333. The van der Waals surface area contributed by atoms with E-state index in [9.17, 15) is 18.4 Å². The number of benzene rings is 2. The summed E-state index contributed by atoms with van der Waals surface area (Å²) in [5.74, 6) is -2.37. The number of fused-ring (bicyclic) bond motifs is 1. The highest BCUT2D eigenvalue weighted by atomic mass is 35.5. The maximum Gasteiger partial charge on any atom is 0.417 e. The lowest BCUT2D eigenvalue weighted by Crippen LogP contribution is -2.53. The number of amides is 1. The predicted octanol–water partition coefficient (Wildman–Crippen LogP) is 2.99. The highest BCUT2D eigenvalue weighted by molar-refractivity contribution is 6.31. The van der Waals surface area contributed by atoms with E-state index in [1.165, 1.54) is 18.2 Å². The van der Waals surface area contributed by atoms with Gasteiger partial charge in [-0.15, -0.1) is 0 Å². The molecule has 2 N–H and O–H groups in total. The molecule has 164 valence electrons. The van der Waals surface area contributed by atoms with Gasteiger partial charge < -0.3 is 14.6 Å². The van der Waals surface area contributed by atoms with Gasteiger partial charge in [0.15, 0.2) is 5.58 Å². The third-order valence-corrected chi connectivity index (χ3v) is 5.77. The Morgan fingerprint density at radius 2 is 2.00 bits per heavy atom. The molecule has 0 bridgehead atoms. The molecular weight excluding hydrogens is 430 g/mol. The molecule has 1 aliphatic rings. The van der Waals surface area contributed by atoms with E-state index < -0.39 is 22.4 Å². The molecule has 1 saturated heterocycles. The van der Waals surface area contributed by atoms with E-state index >= 15 is 0 Å². The Balaban J connectivity index is 1.30. The number of piperazine rings is 1. The van der Waals surface area contributed by atoms with Gasteiger partial charge in [0.1, 0.15) is 16.7 Å². The Labute approximate surface area is 181 Å². The molecule has 0 radical (unpaired) electrons. The lowest BCUT2D eigenvalue weighted by molar-refractivity contribution is 0.0947. The minimum Gasteiger partial charge on any atom is -0.408 e. The van der Waals surface area contributed by atoms with E-state index in [4.69, 9.17) is 16.0 Å². The van der Waals surface area contributed by atoms with Crippen LogP contribution in [0, 0.1) is 11.6 Å². The molecule has 10 heteroatoms. The Kier molecular flexibility index (Phi) is 5.97. The molecule has 0 spiro atoms. The predicted molar refractivity (Wildman–Crippen MR) is 114 cm³/mol. The summed E-state index contributed by atoms with van der Waals surface area (Å²) in [7, 11) is 0. The summed E-state index contributed by atoms with van der Waals surface area (Å²) in [6.45, 7) is 5.02. The van der Waals surface area contributed by atoms with Crippen LogP contribution < -0.4 is 16.0 Å². The number of halogens is 3. The smallest absolute Gasteiger partial charge is 0.408 e. The van der Waals surface area contributed by atoms with Gasteiger partial charge in [-0.25, -0.2) is 13.6 Å². The first-order valence-electron chi connectivity index (χ1n) is 9.86. The van der Waals surface area contributed by atoms with Crippen molar-refractivity contribution in [3.8, 4) is 0 Å². The monoisotopic (exact) mass is 450 g/mol. The number of nitrogens with one attached hydrogen (secondary N) is 2. The molecule has 1 atom stereocenters. The van der Waals surface area contributed by atoms with Gasteiger partial charge in [0.25, 0.3) is 5.91 Å². The quantitative estimate of drug-likeness (QED) is 0.584. The van der Waals surface area contributed by atoms with E-state index in [0.29, 0.717) is 55.1 Å². The van der Waals surface area contributed by atoms with Crippen LogP contribution in [-0.4, -0.2) is 54.6 Å². The first-order valence-corrected chi connectivity index (χ1v) is 10.2. The van der Waals surface area contributed by atoms with Crippen molar-refractivity contribution in [3.63, 3.8) is 0 Å². The second-order valence-electron chi connectivity index (χ2n) is 7.55. The average Bonchev–Trinajstić information content (AvgIpc) is 3.11. The zero-order valence-electron chi connectivity index (χ0n) is 16.8. The largest absolute Gasteiger partial charge is 0.417 e. The molecule has 2 heterocycles. The van der Waals surface area contributed by atoms with Crippen molar-refractivity contribution in [2.24, 2.45) is 0 Å². The summed E-state index contributed by atoms with van der Waals surface area (Å²) < 4.78 is 32.6. The van der Waals surface area contributed by atoms with Crippen LogP contribution >= 0.6 is 11.6 Å². The van der Waals surface area contributed by atoms with Crippen molar-refractivity contribution in [2.45, 2.75) is 13.0 Å². The summed E-state index contributed by atoms with van der Waals surface area (Å²) in [6.07, 6.45) is 0. The summed E-state index contributed by atoms with van der Waals surface area (Å²) in [5, 5.41) is 2.36. The van der Waals surface area contributed by atoms with Crippen LogP contribution in [0.5, 0.6) is 0 Å². The van der Waals surface area contributed by atoms with Crippen LogP contribution in [0.2, 0.25) is 5.02 Å². The van der Waals surface area contributed by atoms with Crippen LogP contribution in [0.3, 0.4) is 0 Å². The third-order valence-electron chi connectivity index (χ3n) is 5.41. The van der Waals surface area contributed by atoms with E-state index in [1.807, 2.05) is 11.8 Å². The Hall–Kier alpha value is -2.91. The van der Waals surface area contributed by atoms with Crippen LogP contribution in [0.15, 0.2) is 39.5 Å². The number of hydrogen-bond acceptors (Lipinski definition) is 5. The van der Waals surface area contributed by atoms with E-state index in [-0.39, 0.29) is 11.9 Å². The Bertz CT molecular complexity index is 1160. The Morgan fingerprint density at radius 1 is 1.26 bits per heavy atom. The maximum atomic E-state index is 13.8. The van der Waals surface area contributed by atoms with E-state index in [2.05, 4.69) is 15.2 Å². The van der Waals surface area contributed by atoms with Crippen molar-refractivity contribution in [1.82, 2.24) is 15.2 Å². The van der Waals surface area contributed by atoms with Gasteiger partial charge in [-0.05, 0) is 37.3 Å². The van der Waals surface area contributed by atoms with Crippen molar-refractivity contribution in [3.05, 3.63) is 63.1 Å². The van der Waals surface area contributed by atoms with Gasteiger partial charge in [-0.2, -0.15) is 0 Å². The van der Waals surface area contributed by atoms with Crippen molar-refractivity contribution < 1.29 is 18.0 Å². The summed E-state index contributed by atoms with van der Waals surface area (Å²) in [5.41, 5.74) is 1.73. The minimum absolute atomic E-state index is 0.0309. The van der Waals surface area contributed by atoms with Gasteiger partial charge in [0, 0.05) is 50.0 Å². The Morgan fingerprint density at radius 3 is 2.71 bits per heavy atom. The summed E-state index contributed by atoms with van der Waals surface area (Å²) in [4.78, 5) is 30.3. The second-order valence-corrected chi connectivity index (χ2v) is 7.93. The van der Waals surface area contributed by atoms with E-state index in [1.54, 1.807) is 12.1 Å². The number of H-pyrrole nitrogens is 1. The molecule has 1 aliphatic heterocycles. The van der Waals surface area contributed by atoms with Crippen molar-refractivity contribution in [2.75, 3.05) is 37.6 Å². The first kappa shape index (κ1) is 21.3. The van der Waals surface area contributed by atoms with Gasteiger partial charge in [0.05, 0.1) is 5.52 Å². The number of carbonyl (C=O) groups is 1. The molecular formula is C21H21ClF2N4O3. The first-order chi connectivity index (χ1) is 14.8. The SMILES string of the molecule is C[C@@H]1CN(CCNC(=O)c2ccc3[nH]c(=O)oc3c2)CCN1c1cc(F)c(Cl)c(F)c1. The number of carbonyl (C=O) groups excluding carboxylic acids is 1. The fourth-order valence-corrected chi connectivity index (χ4v) is 3.95. The van der Waals surface area contributed by atoms with Crippen LogP contribution in [-0.2, 0) is 0 Å². The zero-order chi connectivity index (χ0) is 22.1. The lowest BCUT2D eigenvalue weighted by Gasteiger charge is -2.41. The van der Waals surface area contributed by atoms with Gasteiger partial charge >= 0.3 is 5.76 Å². The number of nitrogens with zero attached hydrogens (tertiary/aromatic N) is 2. The normalized spacial score (nSPS) is 17.3. The average molecular weight is 451 g/mol. The number of rotatable bonds is 5. The topological polar surface area (TPSA) is 81.6 Å². The van der Waals surface area contributed by atoms with Crippen LogP contribution in [0.1, 0.15) is 17.3 Å². The lowest BCUT2D eigenvalue weighted by atomic mass is 10.1. The molecule has 7 nitrogen and oxygen atoms in total. The highest BCUT2D eigenvalue weighted by Crippen LogP contribution is 2.28. The number of anilines is 1. The fourth-order valence-electron chi connectivity index (χ4n) is 3.84. The number of aromatic nitrogens is 1. The summed E-state index contributed by atoms with van der Waals surface area (Å²) in [6, 6.07) is 7.30. The zero-order valence-corrected chi connectivity index (χ0v) is 17.5. The molecule has 1 aromatic heterocycles. The molecule has 1 fully saturated rings. The number of oxazole rings is 1. The van der Waals surface area contributed by atoms with Gasteiger partial charge in [-0.3, -0.25) is 14.7 Å². The molecule has 0 unspecified atom stereocenters. The minimum atomic E-state index is -0.772. The molecule has 4 rings (SSSR count). The molecule has 1 amide bonds. The third kappa shape index (κ3) is 4.57. The van der Waals surface area contributed by atoms with Crippen molar-refractivity contribution >= 4 is 34.3 Å². The van der Waals surface area contributed by atoms with Crippen LogP contribution in [0.4, 0.5) is 14.5 Å². The molecule has 2 aromatic carbocycles. The molecule has 0 saturated carbocycles. The number of hydrogen-bond donors (Lipinski definition) is 2. The second kappa shape index (κ2) is 8.68. The molecule has 31 heavy (non-hydrogen) atoms. The standard InChI is InChI=1S/C21H21ClF2N4O3/c1-12-11-27(6-7-28(12)14-9-15(23)19(22)16(24)10-14)5-4-25-20(29)13-2-3-17-18(8-13)31-21(30)26-17/h2-3,8-10,12H,4-7,11H2,1H3,(H,25,29)(H,26,30)/t12-/m1/s1. The molecule has 3 aromatic rings. The van der Waals surface area contributed by atoms with Gasteiger partial charge in [0.2, 0.25) is 0 Å². The summed E-state index contributed by atoms with van der Waals surface area (Å²) >= 11 is 5.57. The van der Waals surface area contributed by atoms with Crippen LogP contribution in [0.25, 0.3) is 11.1 Å². The van der Waals surface area contributed by atoms with E-state index in [0.717, 1.165) is 0 Å². The highest BCUT2D eigenvalue weighted by Gasteiger charge is 2.25. The molecule has 0 aliphatic carbocycles.